The van der Waals surface area contributed by atoms with Crippen molar-refractivity contribution in [1.29, 1.82) is 0 Å². The zero-order chi connectivity index (χ0) is 9.14. The lowest BCUT2D eigenvalue weighted by molar-refractivity contribution is 0.430. The minimum atomic E-state index is -0.0730. The zero-order valence-electron chi connectivity index (χ0n) is 7.00. The highest BCUT2D eigenvalue weighted by molar-refractivity contribution is 7.80. The number of hydrogen-bond acceptors (Lipinski definition) is 3. The third kappa shape index (κ3) is 2.20. The van der Waals surface area contributed by atoms with Crippen molar-refractivity contribution in [3.05, 3.63) is 17.8 Å². The van der Waals surface area contributed by atoms with Gasteiger partial charge in [-0.2, -0.15) is 0 Å². The van der Waals surface area contributed by atoms with Crippen LogP contribution in [0.15, 0.2) is 10.6 Å². The van der Waals surface area contributed by atoms with Gasteiger partial charge in [-0.15, -0.1) is 0 Å². The van der Waals surface area contributed by atoms with Crippen molar-refractivity contribution in [2.24, 2.45) is 5.73 Å². The lowest BCUT2D eigenvalue weighted by atomic mass is 10.3. The van der Waals surface area contributed by atoms with Gasteiger partial charge in [0, 0.05) is 0 Å². The average molecular weight is 185 g/mol. The molecule has 3 N–H and O–H groups in total. The normalized spacial score (nSPS) is 12.5. The van der Waals surface area contributed by atoms with Crippen LogP contribution in [0.4, 0.5) is 0 Å². The molecule has 0 amide bonds. The maximum atomic E-state index is 5.29. The van der Waals surface area contributed by atoms with E-state index in [1.54, 1.807) is 6.20 Å². The molecule has 0 aliphatic heterocycles. The van der Waals surface area contributed by atoms with Crippen molar-refractivity contribution in [3.8, 4) is 0 Å². The summed E-state index contributed by atoms with van der Waals surface area (Å²) in [6, 6.07) is -0.0730. The van der Waals surface area contributed by atoms with Crippen molar-refractivity contribution in [2.75, 3.05) is 0 Å². The SMILES string of the molecule is Cc1cnc(C(C)NC(N)=S)o1. The van der Waals surface area contributed by atoms with E-state index in [1.807, 2.05) is 13.8 Å². The van der Waals surface area contributed by atoms with E-state index < -0.39 is 0 Å². The molecule has 0 radical (unpaired) electrons. The Balaban J connectivity index is 2.64. The number of nitrogens with two attached hydrogens (primary N) is 1. The van der Waals surface area contributed by atoms with Gasteiger partial charge in [0.1, 0.15) is 11.8 Å². The smallest absolute Gasteiger partial charge is 0.216 e. The molecular weight excluding hydrogens is 174 g/mol. The van der Waals surface area contributed by atoms with Gasteiger partial charge in [-0.1, -0.05) is 0 Å². The lowest BCUT2D eigenvalue weighted by Crippen LogP contribution is -2.31. The standard InChI is InChI=1S/C7H11N3OS/c1-4-3-9-6(11-4)5(2)10-7(8)12/h3,5H,1-2H3,(H3,8,10,12). The molecule has 0 fully saturated rings. The van der Waals surface area contributed by atoms with Crippen LogP contribution in [0.3, 0.4) is 0 Å². The Hall–Kier alpha value is -1.10. The monoisotopic (exact) mass is 185 g/mol. The summed E-state index contributed by atoms with van der Waals surface area (Å²) in [7, 11) is 0. The number of aromatic nitrogens is 1. The largest absolute Gasteiger partial charge is 0.444 e. The number of nitrogens with one attached hydrogen (secondary N) is 1. The van der Waals surface area contributed by atoms with Gasteiger partial charge >= 0.3 is 0 Å². The number of aryl methyl sites for hydroxylation is 1. The molecule has 1 rings (SSSR count). The number of oxazole rings is 1. The second-order valence-corrected chi connectivity index (χ2v) is 2.98. The van der Waals surface area contributed by atoms with Gasteiger partial charge < -0.3 is 15.5 Å². The van der Waals surface area contributed by atoms with Crippen LogP contribution in [0.1, 0.15) is 24.6 Å². The fraction of sp³-hybridized carbons (Fsp3) is 0.429. The highest BCUT2D eigenvalue weighted by atomic mass is 32.1. The quantitative estimate of drug-likeness (QED) is 0.669. The van der Waals surface area contributed by atoms with Gasteiger partial charge in [-0.3, -0.25) is 0 Å². The molecule has 1 aromatic heterocycles. The van der Waals surface area contributed by atoms with Crippen LogP contribution < -0.4 is 11.1 Å². The Morgan fingerprint density at radius 1 is 1.83 bits per heavy atom. The van der Waals surface area contributed by atoms with Crippen molar-refractivity contribution in [3.63, 3.8) is 0 Å². The highest BCUT2D eigenvalue weighted by Crippen LogP contribution is 2.10. The van der Waals surface area contributed by atoms with Crippen molar-refractivity contribution < 1.29 is 4.42 Å². The average Bonchev–Trinajstić information content (AvgIpc) is 2.34. The van der Waals surface area contributed by atoms with Crippen molar-refractivity contribution in [2.45, 2.75) is 19.9 Å². The van der Waals surface area contributed by atoms with E-state index >= 15 is 0 Å². The van der Waals surface area contributed by atoms with Gasteiger partial charge in [0.05, 0.1) is 6.20 Å². The van der Waals surface area contributed by atoms with Crippen LogP contribution >= 0.6 is 12.2 Å². The molecule has 0 aliphatic rings. The first kappa shape index (κ1) is 8.99. The van der Waals surface area contributed by atoms with E-state index in [2.05, 4.69) is 22.5 Å². The minimum Gasteiger partial charge on any atom is -0.444 e. The summed E-state index contributed by atoms with van der Waals surface area (Å²) in [6.07, 6.45) is 1.66. The third-order valence-corrected chi connectivity index (χ3v) is 1.49. The van der Waals surface area contributed by atoms with Crippen molar-refractivity contribution in [1.82, 2.24) is 10.3 Å². The summed E-state index contributed by atoms with van der Waals surface area (Å²) in [4.78, 5) is 4.02. The van der Waals surface area contributed by atoms with Crippen LogP contribution in [-0.2, 0) is 0 Å². The predicted molar refractivity (Wildman–Crippen MR) is 49.6 cm³/mol. The Kier molecular flexibility index (Phi) is 2.65. The Bertz CT molecular complexity index is 284. The minimum absolute atomic E-state index is 0.0730. The molecule has 0 aromatic carbocycles. The fourth-order valence-corrected chi connectivity index (χ4v) is 1.02. The molecule has 1 atom stereocenters. The van der Waals surface area contributed by atoms with Gasteiger partial charge in [-0.25, -0.2) is 4.98 Å². The number of rotatable bonds is 2. The summed E-state index contributed by atoms with van der Waals surface area (Å²) >= 11 is 4.68. The Morgan fingerprint density at radius 3 is 2.92 bits per heavy atom. The summed E-state index contributed by atoms with van der Waals surface area (Å²) in [5.74, 6) is 1.38. The molecule has 66 valence electrons. The third-order valence-electron chi connectivity index (χ3n) is 1.37. The van der Waals surface area contributed by atoms with Crippen LogP contribution in [0, 0.1) is 6.92 Å². The molecule has 0 aliphatic carbocycles. The molecule has 1 heterocycles. The maximum Gasteiger partial charge on any atom is 0.216 e. The molecule has 0 saturated heterocycles. The number of nitrogens with zero attached hydrogens (tertiary/aromatic N) is 1. The topological polar surface area (TPSA) is 64.1 Å². The van der Waals surface area contributed by atoms with E-state index in [-0.39, 0.29) is 11.2 Å². The van der Waals surface area contributed by atoms with Gasteiger partial charge in [0.25, 0.3) is 0 Å². The highest BCUT2D eigenvalue weighted by Gasteiger charge is 2.10. The maximum absolute atomic E-state index is 5.29. The lowest BCUT2D eigenvalue weighted by Gasteiger charge is -2.08. The summed E-state index contributed by atoms with van der Waals surface area (Å²) in [5.41, 5.74) is 5.29. The van der Waals surface area contributed by atoms with Crippen LogP contribution in [0.5, 0.6) is 0 Å². The van der Waals surface area contributed by atoms with E-state index in [1.165, 1.54) is 0 Å². The van der Waals surface area contributed by atoms with E-state index in [4.69, 9.17) is 10.2 Å². The summed E-state index contributed by atoms with van der Waals surface area (Å²) in [6.45, 7) is 3.72. The molecule has 1 unspecified atom stereocenters. The molecule has 12 heavy (non-hydrogen) atoms. The molecule has 0 bridgehead atoms. The van der Waals surface area contributed by atoms with Crippen LogP contribution in [0.25, 0.3) is 0 Å². The fourth-order valence-electron chi connectivity index (χ4n) is 0.847. The van der Waals surface area contributed by atoms with Crippen LogP contribution in [0.2, 0.25) is 0 Å². The first-order valence-corrected chi connectivity index (χ1v) is 3.98. The van der Waals surface area contributed by atoms with Gasteiger partial charge in [-0.05, 0) is 26.1 Å². The van der Waals surface area contributed by atoms with E-state index in [9.17, 15) is 0 Å². The first-order chi connectivity index (χ1) is 5.59. The predicted octanol–water partition coefficient (Wildman–Crippen LogP) is 0.877. The second kappa shape index (κ2) is 3.53. The van der Waals surface area contributed by atoms with Crippen molar-refractivity contribution >= 4 is 17.3 Å². The van der Waals surface area contributed by atoms with E-state index in [0.717, 1.165) is 5.76 Å². The molecule has 0 saturated carbocycles. The van der Waals surface area contributed by atoms with Crippen LogP contribution in [-0.4, -0.2) is 10.1 Å². The number of thiocarbonyl (C=S) groups is 1. The van der Waals surface area contributed by atoms with Gasteiger partial charge in [0.15, 0.2) is 5.11 Å². The summed E-state index contributed by atoms with van der Waals surface area (Å²) in [5, 5.41) is 3.07. The first-order valence-electron chi connectivity index (χ1n) is 3.58. The summed E-state index contributed by atoms with van der Waals surface area (Å²) < 4.78 is 5.26. The molecule has 5 heteroatoms. The molecule has 1 aromatic rings. The van der Waals surface area contributed by atoms with E-state index in [0.29, 0.717) is 5.89 Å². The molecule has 4 nitrogen and oxygen atoms in total. The zero-order valence-corrected chi connectivity index (χ0v) is 7.81. The second-order valence-electron chi connectivity index (χ2n) is 2.54. The Morgan fingerprint density at radius 2 is 2.50 bits per heavy atom. The van der Waals surface area contributed by atoms with Gasteiger partial charge in [0.2, 0.25) is 5.89 Å². The molecule has 0 spiro atoms. The molecular formula is C7H11N3OS. The number of hydrogen-bond donors (Lipinski definition) is 2. The Labute approximate surface area is 76.2 Å².